The van der Waals surface area contributed by atoms with Crippen molar-refractivity contribution in [2.75, 3.05) is 6.61 Å². The lowest BCUT2D eigenvalue weighted by Crippen LogP contribution is -2.02. The summed E-state index contributed by atoms with van der Waals surface area (Å²) >= 11 is 0. The third kappa shape index (κ3) is 2.57. The molecule has 3 rings (SSSR count). The van der Waals surface area contributed by atoms with Crippen LogP contribution in [-0.2, 0) is 6.42 Å². The fourth-order valence-electron chi connectivity index (χ4n) is 2.02. The fraction of sp³-hybridized carbons (Fsp3) is 0.133. The van der Waals surface area contributed by atoms with Crippen molar-refractivity contribution in [1.82, 2.24) is 9.97 Å². The predicted octanol–water partition coefficient (Wildman–Crippen LogP) is 3.32. The maximum Gasteiger partial charge on any atom is 0.150 e. The number of nitrogens with one attached hydrogen (secondary N) is 1. The first-order valence-corrected chi connectivity index (χ1v) is 6.12. The highest BCUT2D eigenvalue weighted by atomic mass is 19.1. The first-order chi connectivity index (χ1) is 9.33. The number of rotatable bonds is 4. The maximum atomic E-state index is 13.4. The number of aromatic nitrogens is 2. The van der Waals surface area contributed by atoms with Gasteiger partial charge in [-0.15, -0.1) is 0 Å². The van der Waals surface area contributed by atoms with E-state index in [1.54, 1.807) is 0 Å². The summed E-state index contributed by atoms with van der Waals surface area (Å²) in [5.41, 5.74) is 2.50. The summed E-state index contributed by atoms with van der Waals surface area (Å²) in [5.74, 6) is 0.152. The van der Waals surface area contributed by atoms with E-state index < -0.39 is 0 Å². The number of ether oxygens (including phenoxy) is 1. The van der Waals surface area contributed by atoms with Crippen LogP contribution in [-0.4, -0.2) is 16.6 Å². The quantitative estimate of drug-likeness (QED) is 0.777. The van der Waals surface area contributed by atoms with Crippen LogP contribution in [0.15, 0.2) is 48.8 Å². The molecule has 2 aromatic carbocycles. The lowest BCUT2D eigenvalue weighted by Gasteiger charge is -2.07. The normalized spacial score (nSPS) is 10.8. The van der Waals surface area contributed by atoms with Crippen molar-refractivity contribution in [3.8, 4) is 5.75 Å². The van der Waals surface area contributed by atoms with E-state index in [9.17, 15) is 4.39 Å². The molecule has 4 heteroatoms. The molecule has 0 fully saturated rings. The molecule has 0 aliphatic heterocycles. The van der Waals surface area contributed by atoms with Crippen molar-refractivity contribution in [3.05, 3.63) is 60.2 Å². The van der Waals surface area contributed by atoms with Crippen LogP contribution < -0.4 is 4.74 Å². The van der Waals surface area contributed by atoms with Gasteiger partial charge >= 0.3 is 0 Å². The largest absolute Gasteiger partial charge is 0.491 e. The van der Waals surface area contributed by atoms with Crippen LogP contribution in [0.3, 0.4) is 0 Å². The highest BCUT2D eigenvalue weighted by Gasteiger charge is 2.07. The molecule has 0 aliphatic rings. The summed E-state index contributed by atoms with van der Waals surface area (Å²) in [6, 6.07) is 12.8. The number of benzene rings is 2. The lowest BCUT2D eigenvalue weighted by molar-refractivity contribution is 0.323. The second-order valence-electron chi connectivity index (χ2n) is 4.29. The lowest BCUT2D eigenvalue weighted by atomic mass is 10.2. The van der Waals surface area contributed by atoms with Gasteiger partial charge in [0, 0.05) is 12.5 Å². The van der Waals surface area contributed by atoms with Gasteiger partial charge < -0.3 is 9.72 Å². The molecule has 96 valence electrons. The van der Waals surface area contributed by atoms with E-state index in [0.717, 1.165) is 6.42 Å². The van der Waals surface area contributed by atoms with Gasteiger partial charge in [0.05, 0.1) is 18.5 Å². The zero-order valence-electron chi connectivity index (χ0n) is 10.3. The van der Waals surface area contributed by atoms with Gasteiger partial charge in [-0.3, -0.25) is 0 Å². The topological polar surface area (TPSA) is 37.9 Å². The van der Waals surface area contributed by atoms with Gasteiger partial charge in [0.25, 0.3) is 0 Å². The Morgan fingerprint density at radius 1 is 1.16 bits per heavy atom. The Morgan fingerprint density at radius 2 is 2.00 bits per heavy atom. The number of aromatic amines is 1. The average Bonchev–Trinajstić information content (AvgIpc) is 2.88. The maximum absolute atomic E-state index is 13.4. The Kier molecular flexibility index (Phi) is 3.14. The molecule has 0 radical (unpaired) electrons. The minimum absolute atomic E-state index is 0.327. The van der Waals surface area contributed by atoms with Gasteiger partial charge in [-0.05, 0) is 11.6 Å². The third-order valence-electron chi connectivity index (χ3n) is 2.94. The number of halogens is 1. The Labute approximate surface area is 110 Å². The molecule has 0 spiro atoms. The molecule has 3 nitrogen and oxygen atoms in total. The van der Waals surface area contributed by atoms with Crippen LogP contribution in [0.4, 0.5) is 4.39 Å². The van der Waals surface area contributed by atoms with E-state index in [1.165, 1.54) is 24.0 Å². The SMILES string of the molecule is Fc1cc(OCCc2ccccc2)c2nc[nH]c2c1. The summed E-state index contributed by atoms with van der Waals surface area (Å²) in [7, 11) is 0. The molecule has 3 aromatic rings. The first-order valence-electron chi connectivity index (χ1n) is 6.12. The Morgan fingerprint density at radius 3 is 2.84 bits per heavy atom. The summed E-state index contributed by atoms with van der Waals surface area (Å²) in [5, 5.41) is 0. The number of hydrogen-bond acceptors (Lipinski definition) is 2. The van der Waals surface area contributed by atoms with Crippen LogP contribution >= 0.6 is 0 Å². The minimum atomic E-state index is -0.327. The molecular formula is C15H13FN2O. The van der Waals surface area contributed by atoms with Crippen molar-refractivity contribution >= 4 is 11.0 Å². The summed E-state index contributed by atoms with van der Waals surface area (Å²) < 4.78 is 19.0. The van der Waals surface area contributed by atoms with Crippen molar-refractivity contribution in [3.63, 3.8) is 0 Å². The van der Waals surface area contributed by atoms with Crippen LogP contribution in [0.25, 0.3) is 11.0 Å². The van der Waals surface area contributed by atoms with E-state index in [0.29, 0.717) is 23.4 Å². The van der Waals surface area contributed by atoms with E-state index >= 15 is 0 Å². The number of hydrogen-bond donors (Lipinski definition) is 1. The Bertz CT molecular complexity index is 679. The van der Waals surface area contributed by atoms with Crippen LogP contribution in [0.5, 0.6) is 5.75 Å². The van der Waals surface area contributed by atoms with E-state index in [4.69, 9.17) is 4.74 Å². The van der Waals surface area contributed by atoms with Crippen molar-refractivity contribution < 1.29 is 9.13 Å². The first kappa shape index (κ1) is 11.7. The van der Waals surface area contributed by atoms with Gasteiger partial charge in [0.1, 0.15) is 17.1 Å². The number of imidazole rings is 1. The number of H-pyrrole nitrogens is 1. The molecule has 0 unspecified atom stereocenters. The second-order valence-corrected chi connectivity index (χ2v) is 4.29. The van der Waals surface area contributed by atoms with E-state index in [-0.39, 0.29) is 5.82 Å². The van der Waals surface area contributed by atoms with Gasteiger partial charge in [-0.2, -0.15) is 0 Å². The molecule has 0 atom stereocenters. The summed E-state index contributed by atoms with van der Waals surface area (Å²) in [4.78, 5) is 7.02. The van der Waals surface area contributed by atoms with Crippen molar-refractivity contribution in [2.24, 2.45) is 0 Å². The van der Waals surface area contributed by atoms with E-state index in [2.05, 4.69) is 9.97 Å². The highest BCUT2D eigenvalue weighted by molar-refractivity contribution is 5.81. The van der Waals surface area contributed by atoms with Crippen LogP contribution in [0.1, 0.15) is 5.56 Å². The molecule has 0 amide bonds. The molecule has 0 saturated carbocycles. The number of fused-ring (bicyclic) bond motifs is 1. The zero-order valence-corrected chi connectivity index (χ0v) is 10.3. The molecule has 19 heavy (non-hydrogen) atoms. The molecule has 1 N–H and O–H groups in total. The van der Waals surface area contributed by atoms with Crippen LogP contribution in [0.2, 0.25) is 0 Å². The average molecular weight is 256 g/mol. The second kappa shape index (κ2) is 5.10. The van der Waals surface area contributed by atoms with E-state index in [1.807, 2.05) is 30.3 Å². The molecule has 0 saturated heterocycles. The standard InChI is InChI=1S/C15H13FN2O/c16-12-8-13-15(18-10-17-13)14(9-12)19-7-6-11-4-2-1-3-5-11/h1-5,8-10H,6-7H2,(H,17,18). The van der Waals surface area contributed by atoms with Gasteiger partial charge in [-0.25, -0.2) is 9.37 Å². The van der Waals surface area contributed by atoms with Crippen molar-refractivity contribution in [2.45, 2.75) is 6.42 Å². The minimum Gasteiger partial charge on any atom is -0.491 e. The smallest absolute Gasteiger partial charge is 0.150 e. The molecule has 1 aromatic heterocycles. The fourth-order valence-corrected chi connectivity index (χ4v) is 2.02. The molecular weight excluding hydrogens is 243 g/mol. The molecule has 0 aliphatic carbocycles. The summed E-state index contributed by atoms with van der Waals surface area (Å²) in [6.07, 6.45) is 2.32. The molecule has 0 bridgehead atoms. The van der Waals surface area contributed by atoms with Gasteiger partial charge in [0.15, 0.2) is 0 Å². The zero-order chi connectivity index (χ0) is 13.1. The number of nitrogens with zero attached hydrogens (tertiary/aromatic N) is 1. The van der Waals surface area contributed by atoms with Crippen LogP contribution in [0, 0.1) is 5.82 Å². The summed E-state index contributed by atoms with van der Waals surface area (Å²) in [6.45, 7) is 0.495. The Hall–Kier alpha value is -2.36. The third-order valence-corrected chi connectivity index (χ3v) is 2.94. The predicted molar refractivity (Wildman–Crippen MR) is 71.7 cm³/mol. The highest BCUT2D eigenvalue weighted by Crippen LogP contribution is 2.24. The van der Waals surface area contributed by atoms with Gasteiger partial charge in [0.2, 0.25) is 0 Å². The molecule has 1 heterocycles. The Balaban J connectivity index is 1.73. The van der Waals surface area contributed by atoms with Gasteiger partial charge in [-0.1, -0.05) is 30.3 Å². The monoisotopic (exact) mass is 256 g/mol. The van der Waals surface area contributed by atoms with Crippen molar-refractivity contribution in [1.29, 1.82) is 0 Å².